The van der Waals surface area contributed by atoms with Gasteiger partial charge in [-0.3, -0.25) is 9.59 Å². The van der Waals surface area contributed by atoms with Crippen molar-refractivity contribution in [3.05, 3.63) is 71.8 Å². The highest BCUT2D eigenvalue weighted by molar-refractivity contribution is 5.85. The quantitative estimate of drug-likeness (QED) is 0.595. The van der Waals surface area contributed by atoms with Crippen molar-refractivity contribution >= 4 is 22.6 Å². The molecule has 0 bridgehead atoms. The van der Waals surface area contributed by atoms with Gasteiger partial charge in [-0.25, -0.2) is 0 Å². The molecule has 0 spiro atoms. The third-order valence-corrected chi connectivity index (χ3v) is 4.46. The normalized spacial score (nSPS) is 10.4. The number of carbonyl (C=O) groups is 2. The highest BCUT2D eigenvalue weighted by Crippen LogP contribution is 2.27. The molecule has 3 aromatic carbocycles. The Balaban J connectivity index is 1.46. The molecule has 1 N–H and O–H groups in total. The van der Waals surface area contributed by atoms with Gasteiger partial charge < -0.3 is 19.5 Å². The molecule has 0 aliphatic rings. The number of rotatable bonds is 8. The Morgan fingerprint density at radius 3 is 2.31 bits per heavy atom. The van der Waals surface area contributed by atoms with Crippen LogP contribution in [0.2, 0.25) is 0 Å². The molecular formula is C23H23NO5. The van der Waals surface area contributed by atoms with E-state index in [1.807, 2.05) is 48.5 Å². The fraction of sp³-hybridized carbons (Fsp3) is 0.217. The van der Waals surface area contributed by atoms with E-state index in [0.29, 0.717) is 18.0 Å². The number of fused-ring (bicyclic) bond motifs is 1. The van der Waals surface area contributed by atoms with Gasteiger partial charge >= 0.3 is 5.97 Å². The summed E-state index contributed by atoms with van der Waals surface area (Å²) in [5.41, 5.74) is 1.69. The lowest BCUT2D eigenvalue weighted by Crippen LogP contribution is -2.28. The predicted molar refractivity (Wildman–Crippen MR) is 110 cm³/mol. The van der Waals surface area contributed by atoms with Gasteiger partial charge in [0, 0.05) is 6.54 Å². The summed E-state index contributed by atoms with van der Waals surface area (Å²) in [6.45, 7) is -0.0267. The van der Waals surface area contributed by atoms with Gasteiger partial charge in [-0.15, -0.1) is 0 Å². The van der Waals surface area contributed by atoms with Crippen LogP contribution < -0.4 is 14.8 Å². The number of amides is 1. The van der Waals surface area contributed by atoms with Gasteiger partial charge in [0.05, 0.1) is 20.6 Å². The molecule has 0 saturated carbocycles. The number of benzene rings is 3. The molecule has 0 atom stereocenters. The zero-order valence-electron chi connectivity index (χ0n) is 16.4. The second-order valence-corrected chi connectivity index (χ2v) is 6.49. The molecule has 0 heterocycles. The zero-order valence-corrected chi connectivity index (χ0v) is 16.4. The Kier molecular flexibility index (Phi) is 6.68. The van der Waals surface area contributed by atoms with Gasteiger partial charge in [-0.1, -0.05) is 48.5 Å². The van der Waals surface area contributed by atoms with Crippen LogP contribution in [-0.4, -0.2) is 32.7 Å². The van der Waals surface area contributed by atoms with Crippen LogP contribution in [0.5, 0.6) is 11.5 Å². The molecule has 3 aromatic rings. The second-order valence-electron chi connectivity index (χ2n) is 6.49. The average molecular weight is 393 g/mol. The molecule has 6 heteroatoms. The third kappa shape index (κ3) is 5.48. The van der Waals surface area contributed by atoms with E-state index in [0.717, 1.165) is 21.9 Å². The van der Waals surface area contributed by atoms with Gasteiger partial charge in [-0.2, -0.15) is 0 Å². The van der Waals surface area contributed by atoms with Crippen molar-refractivity contribution in [2.45, 2.75) is 13.0 Å². The summed E-state index contributed by atoms with van der Waals surface area (Å²) < 4.78 is 15.5. The first kappa shape index (κ1) is 20.2. The first-order valence-electron chi connectivity index (χ1n) is 9.20. The van der Waals surface area contributed by atoms with Crippen molar-refractivity contribution < 1.29 is 23.8 Å². The topological polar surface area (TPSA) is 73.9 Å². The Morgan fingerprint density at radius 2 is 1.55 bits per heavy atom. The minimum Gasteiger partial charge on any atom is -0.493 e. The molecule has 1 amide bonds. The zero-order chi connectivity index (χ0) is 20.6. The standard InChI is InChI=1S/C23H23NO5/c1-27-20-10-8-17(12-21(20)28-2)14-24-22(25)15-29-23(26)13-16-7-9-18-5-3-4-6-19(18)11-16/h3-12H,13-15H2,1-2H3,(H,24,25). The first-order chi connectivity index (χ1) is 14.1. The van der Waals surface area contributed by atoms with Crippen molar-refractivity contribution in [1.82, 2.24) is 5.32 Å². The largest absolute Gasteiger partial charge is 0.493 e. The molecule has 0 saturated heterocycles. The summed E-state index contributed by atoms with van der Waals surface area (Å²) in [5.74, 6) is 0.388. The molecule has 3 rings (SSSR count). The molecular weight excluding hydrogens is 370 g/mol. The van der Waals surface area contributed by atoms with Gasteiger partial charge in [0.15, 0.2) is 18.1 Å². The summed E-state index contributed by atoms with van der Waals surface area (Å²) in [4.78, 5) is 24.0. The van der Waals surface area contributed by atoms with E-state index < -0.39 is 5.97 Å². The van der Waals surface area contributed by atoms with E-state index in [4.69, 9.17) is 14.2 Å². The van der Waals surface area contributed by atoms with Crippen LogP contribution in [0.15, 0.2) is 60.7 Å². The van der Waals surface area contributed by atoms with Crippen LogP contribution in [-0.2, 0) is 27.3 Å². The number of esters is 1. The SMILES string of the molecule is COc1ccc(CNC(=O)COC(=O)Cc2ccc3ccccc3c2)cc1OC. The fourth-order valence-corrected chi connectivity index (χ4v) is 2.95. The van der Waals surface area contributed by atoms with Gasteiger partial charge in [-0.05, 0) is 34.0 Å². The summed E-state index contributed by atoms with van der Waals surface area (Å²) in [5, 5.41) is 4.89. The molecule has 150 valence electrons. The number of hydrogen-bond acceptors (Lipinski definition) is 5. The van der Waals surface area contributed by atoms with Gasteiger partial charge in [0.25, 0.3) is 5.91 Å². The van der Waals surface area contributed by atoms with E-state index in [-0.39, 0.29) is 18.9 Å². The smallest absolute Gasteiger partial charge is 0.310 e. The summed E-state index contributed by atoms with van der Waals surface area (Å²) >= 11 is 0. The van der Waals surface area contributed by atoms with Gasteiger partial charge in [0.2, 0.25) is 0 Å². The maximum absolute atomic E-state index is 12.0. The molecule has 0 aromatic heterocycles. The van der Waals surface area contributed by atoms with Crippen LogP contribution >= 0.6 is 0 Å². The predicted octanol–water partition coefficient (Wildman–Crippen LogP) is 3.26. The number of ether oxygens (including phenoxy) is 3. The van der Waals surface area contributed by atoms with Gasteiger partial charge in [0.1, 0.15) is 0 Å². The van der Waals surface area contributed by atoms with Crippen molar-refractivity contribution in [3.63, 3.8) is 0 Å². The first-order valence-corrected chi connectivity index (χ1v) is 9.20. The Morgan fingerprint density at radius 1 is 0.828 bits per heavy atom. The number of hydrogen-bond donors (Lipinski definition) is 1. The molecule has 29 heavy (non-hydrogen) atoms. The van der Waals surface area contributed by atoms with E-state index in [1.165, 1.54) is 0 Å². The highest BCUT2D eigenvalue weighted by Gasteiger charge is 2.10. The van der Waals surface area contributed by atoms with Crippen molar-refractivity contribution in [2.24, 2.45) is 0 Å². The average Bonchev–Trinajstić information content (AvgIpc) is 2.75. The Bertz CT molecular complexity index is 1020. The van der Waals surface area contributed by atoms with E-state index in [9.17, 15) is 9.59 Å². The fourth-order valence-electron chi connectivity index (χ4n) is 2.95. The number of carbonyl (C=O) groups excluding carboxylic acids is 2. The van der Waals surface area contributed by atoms with Crippen molar-refractivity contribution in [2.75, 3.05) is 20.8 Å². The summed E-state index contributed by atoms with van der Waals surface area (Å²) in [7, 11) is 3.11. The maximum atomic E-state index is 12.0. The summed E-state index contributed by atoms with van der Waals surface area (Å²) in [6, 6.07) is 19.1. The third-order valence-electron chi connectivity index (χ3n) is 4.46. The Hall–Kier alpha value is -3.54. The molecule has 0 aliphatic carbocycles. The van der Waals surface area contributed by atoms with E-state index in [1.54, 1.807) is 26.4 Å². The highest BCUT2D eigenvalue weighted by atomic mass is 16.5. The van der Waals surface area contributed by atoms with Crippen LogP contribution in [0, 0.1) is 0 Å². The lowest BCUT2D eigenvalue weighted by molar-refractivity contribution is -0.147. The number of nitrogens with one attached hydrogen (secondary N) is 1. The van der Waals surface area contributed by atoms with Crippen molar-refractivity contribution in [3.8, 4) is 11.5 Å². The van der Waals surface area contributed by atoms with Crippen LogP contribution in [0.3, 0.4) is 0 Å². The minimum atomic E-state index is -0.443. The maximum Gasteiger partial charge on any atom is 0.310 e. The lowest BCUT2D eigenvalue weighted by atomic mass is 10.1. The van der Waals surface area contributed by atoms with Crippen molar-refractivity contribution in [1.29, 1.82) is 0 Å². The minimum absolute atomic E-state index is 0.119. The molecule has 6 nitrogen and oxygen atoms in total. The van der Waals surface area contributed by atoms with E-state index >= 15 is 0 Å². The Labute approximate surface area is 169 Å². The molecule has 0 unspecified atom stereocenters. The monoisotopic (exact) mass is 393 g/mol. The molecule has 0 aliphatic heterocycles. The summed E-state index contributed by atoms with van der Waals surface area (Å²) in [6.07, 6.45) is 0.119. The van der Waals surface area contributed by atoms with Crippen LogP contribution in [0.25, 0.3) is 10.8 Å². The lowest BCUT2D eigenvalue weighted by Gasteiger charge is -2.10. The van der Waals surface area contributed by atoms with E-state index in [2.05, 4.69) is 5.32 Å². The molecule has 0 radical (unpaired) electrons. The second kappa shape index (κ2) is 9.59. The van der Waals surface area contributed by atoms with Crippen LogP contribution in [0.1, 0.15) is 11.1 Å². The number of methoxy groups -OCH3 is 2. The van der Waals surface area contributed by atoms with Crippen LogP contribution in [0.4, 0.5) is 0 Å². The molecule has 0 fully saturated rings.